The van der Waals surface area contributed by atoms with Crippen LogP contribution in [0.1, 0.15) is 0 Å². The van der Waals surface area contributed by atoms with Crippen LogP contribution >= 0.6 is 0 Å². The number of benzene rings is 4. The average Bonchev–Trinajstić information content (AvgIpc) is 3.27. The Morgan fingerprint density at radius 2 is 1.33 bits per heavy atom. The molecule has 7 aromatic rings. The second-order valence-corrected chi connectivity index (χ2v) is 8.36. The number of fused-ring (bicyclic) bond motifs is 5. The Bertz CT molecular complexity index is 1820. The van der Waals surface area contributed by atoms with E-state index in [1.54, 1.807) is 0 Å². The lowest BCUT2D eigenvalue weighted by Crippen LogP contribution is -1.95. The SMILES string of the molecule is c1ccc2c(-c3ccc4ccc(-c5cccc6c7ccccc7nn56)nc4c3)cccc2c1. The van der Waals surface area contributed by atoms with E-state index in [-0.39, 0.29) is 0 Å². The average molecular weight is 422 g/mol. The molecular formula is C30H19N3. The van der Waals surface area contributed by atoms with Crippen molar-refractivity contribution in [2.75, 3.05) is 0 Å². The summed E-state index contributed by atoms with van der Waals surface area (Å²) in [6.45, 7) is 0. The maximum atomic E-state index is 5.07. The van der Waals surface area contributed by atoms with Crippen molar-refractivity contribution in [3.63, 3.8) is 0 Å². The lowest BCUT2D eigenvalue weighted by molar-refractivity contribution is 0.984. The molecule has 7 rings (SSSR count). The topological polar surface area (TPSA) is 30.2 Å². The predicted octanol–water partition coefficient (Wildman–Crippen LogP) is 7.52. The monoisotopic (exact) mass is 421 g/mol. The quantitative estimate of drug-likeness (QED) is 0.289. The van der Waals surface area contributed by atoms with E-state index in [2.05, 4.69) is 109 Å². The number of rotatable bonds is 2. The molecule has 3 nitrogen and oxygen atoms in total. The van der Waals surface area contributed by atoms with Gasteiger partial charge in [0.1, 0.15) is 0 Å². The van der Waals surface area contributed by atoms with Crippen LogP contribution in [0.15, 0.2) is 115 Å². The zero-order valence-corrected chi connectivity index (χ0v) is 17.8. The Kier molecular flexibility index (Phi) is 3.84. The first kappa shape index (κ1) is 18.1. The molecule has 0 unspecified atom stereocenters. The van der Waals surface area contributed by atoms with Gasteiger partial charge in [0.25, 0.3) is 0 Å². The summed E-state index contributed by atoms with van der Waals surface area (Å²) in [4.78, 5) is 5.07. The van der Waals surface area contributed by atoms with E-state index in [1.165, 1.54) is 21.9 Å². The van der Waals surface area contributed by atoms with E-state index in [1.807, 2.05) is 10.6 Å². The highest BCUT2D eigenvalue weighted by molar-refractivity contribution is 5.99. The van der Waals surface area contributed by atoms with Crippen molar-refractivity contribution < 1.29 is 0 Å². The van der Waals surface area contributed by atoms with Crippen LogP contribution < -0.4 is 0 Å². The summed E-state index contributed by atoms with van der Waals surface area (Å²) in [7, 11) is 0. The Morgan fingerprint density at radius 3 is 2.30 bits per heavy atom. The number of aromatic nitrogens is 3. The molecule has 0 fully saturated rings. The zero-order chi connectivity index (χ0) is 21.8. The van der Waals surface area contributed by atoms with Crippen molar-refractivity contribution in [2.24, 2.45) is 0 Å². The molecule has 0 saturated carbocycles. The molecule has 0 radical (unpaired) electrons. The molecule has 3 heterocycles. The van der Waals surface area contributed by atoms with Gasteiger partial charge in [-0.15, -0.1) is 0 Å². The highest BCUT2D eigenvalue weighted by Crippen LogP contribution is 2.32. The molecule has 4 aromatic carbocycles. The predicted molar refractivity (Wildman–Crippen MR) is 136 cm³/mol. The minimum absolute atomic E-state index is 0.913. The minimum Gasteiger partial charge on any atom is -0.246 e. The molecule has 0 spiro atoms. The molecule has 154 valence electrons. The molecule has 0 amide bonds. The van der Waals surface area contributed by atoms with Crippen LogP contribution in [0.3, 0.4) is 0 Å². The van der Waals surface area contributed by atoms with Crippen LogP contribution in [0.2, 0.25) is 0 Å². The van der Waals surface area contributed by atoms with E-state index < -0.39 is 0 Å². The highest BCUT2D eigenvalue weighted by atomic mass is 15.2. The zero-order valence-electron chi connectivity index (χ0n) is 17.8. The molecule has 0 atom stereocenters. The van der Waals surface area contributed by atoms with E-state index >= 15 is 0 Å². The molecular weight excluding hydrogens is 402 g/mol. The Labute approximate surface area is 190 Å². The first-order chi connectivity index (χ1) is 16.3. The first-order valence-corrected chi connectivity index (χ1v) is 11.1. The fraction of sp³-hybridized carbons (Fsp3) is 0. The maximum absolute atomic E-state index is 5.07. The fourth-order valence-electron chi connectivity index (χ4n) is 4.80. The van der Waals surface area contributed by atoms with Crippen LogP contribution in [0.4, 0.5) is 0 Å². The highest BCUT2D eigenvalue weighted by Gasteiger charge is 2.11. The molecule has 33 heavy (non-hydrogen) atoms. The maximum Gasteiger partial charge on any atom is 0.0934 e. The Hall–Kier alpha value is -4.50. The largest absolute Gasteiger partial charge is 0.246 e. The van der Waals surface area contributed by atoms with Crippen molar-refractivity contribution in [1.29, 1.82) is 0 Å². The third-order valence-corrected chi connectivity index (χ3v) is 6.41. The van der Waals surface area contributed by atoms with Gasteiger partial charge in [0.2, 0.25) is 0 Å². The summed E-state index contributed by atoms with van der Waals surface area (Å²) in [6, 6.07) is 40.3. The molecule has 0 aliphatic heterocycles. The van der Waals surface area contributed by atoms with Crippen molar-refractivity contribution in [1.82, 2.24) is 14.6 Å². The molecule has 0 saturated heterocycles. The molecule has 0 aliphatic carbocycles. The number of nitrogens with zero attached hydrogens (tertiary/aromatic N) is 3. The van der Waals surface area contributed by atoms with Crippen LogP contribution in [0, 0.1) is 0 Å². The van der Waals surface area contributed by atoms with E-state index in [0.29, 0.717) is 0 Å². The normalized spacial score (nSPS) is 11.6. The fourth-order valence-corrected chi connectivity index (χ4v) is 4.80. The standard InChI is InChI=1S/C30H19N3/c1-2-9-23-20(7-1)8-5-11-24(23)22-16-15-21-17-18-27(31-28(21)19-22)30-14-6-13-29-25-10-3-4-12-26(25)32-33(29)30/h1-19H. The van der Waals surface area contributed by atoms with Gasteiger partial charge < -0.3 is 0 Å². The Balaban J connectivity index is 1.43. The molecule has 0 N–H and O–H groups in total. The smallest absolute Gasteiger partial charge is 0.0934 e. The molecule has 0 aliphatic rings. The van der Waals surface area contributed by atoms with Crippen molar-refractivity contribution in [3.05, 3.63) is 115 Å². The minimum atomic E-state index is 0.913. The summed E-state index contributed by atoms with van der Waals surface area (Å²) in [5, 5.41) is 9.62. The van der Waals surface area contributed by atoms with Gasteiger partial charge in [0.05, 0.1) is 27.9 Å². The first-order valence-electron chi connectivity index (χ1n) is 11.1. The van der Waals surface area contributed by atoms with Gasteiger partial charge in [-0.25, -0.2) is 9.50 Å². The van der Waals surface area contributed by atoms with E-state index in [0.717, 1.165) is 38.7 Å². The molecule has 0 bridgehead atoms. The third kappa shape index (κ3) is 2.83. The van der Waals surface area contributed by atoms with Crippen molar-refractivity contribution in [3.8, 4) is 22.5 Å². The van der Waals surface area contributed by atoms with Crippen LogP contribution in [0.5, 0.6) is 0 Å². The summed E-state index contributed by atoms with van der Waals surface area (Å²) >= 11 is 0. The van der Waals surface area contributed by atoms with Gasteiger partial charge in [-0.3, -0.25) is 0 Å². The Morgan fingerprint density at radius 1 is 0.545 bits per heavy atom. The summed E-state index contributed by atoms with van der Waals surface area (Å²) < 4.78 is 2.01. The van der Waals surface area contributed by atoms with Gasteiger partial charge >= 0.3 is 0 Å². The van der Waals surface area contributed by atoms with Gasteiger partial charge in [0.15, 0.2) is 0 Å². The summed E-state index contributed by atoms with van der Waals surface area (Å²) in [5.41, 5.74) is 7.36. The molecule has 3 aromatic heterocycles. The van der Waals surface area contributed by atoms with Crippen LogP contribution in [0.25, 0.3) is 60.6 Å². The van der Waals surface area contributed by atoms with Gasteiger partial charge in [-0.05, 0) is 52.2 Å². The van der Waals surface area contributed by atoms with Gasteiger partial charge in [-0.1, -0.05) is 84.9 Å². The van der Waals surface area contributed by atoms with Crippen LogP contribution in [-0.2, 0) is 0 Å². The second kappa shape index (κ2) is 7.01. The number of pyridine rings is 2. The number of hydrogen-bond acceptors (Lipinski definition) is 2. The number of hydrogen-bond donors (Lipinski definition) is 0. The summed E-state index contributed by atoms with van der Waals surface area (Å²) in [5.74, 6) is 0. The lowest BCUT2D eigenvalue weighted by atomic mass is 9.97. The molecule has 3 heteroatoms. The third-order valence-electron chi connectivity index (χ3n) is 6.41. The van der Waals surface area contributed by atoms with Crippen molar-refractivity contribution >= 4 is 38.1 Å². The van der Waals surface area contributed by atoms with E-state index in [9.17, 15) is 0 Å². The van der Waals surface area contributed by atoms with Gasteiger partial charge in [-0.2, -0.15) is 5.10 Å². The summed E-state index contributed by atoms with van der Waals surface area (Å²) in [6.07, 6.45) is 0. The van der Waals surface area contributed by atoms with E-state index in [4.69, 9.17) is 10.1 Å². The van der Waals surface area contributed by atoms with Crippen LogP contribution in [-0.4, -0.2) is 14.6 Å². The van der Waals surface area contributed by atoms with Crippen molar-refractivity contribution in [2.45, 2.75) is 0 Å². The lowest BCUT2D eigenvalue weighted by Gasteiger charge is -2.09. The van der Waals surface area contributed by atoms with Gasteiger partial charge in [0, 0.05) is 10.8 Å². The second-order valence-electron chi connectivity index (χ2n) is 8.36.